The third-order valence-corrected chi connectivity index (χ3v) is 3.73. The molecule has 144 valence electrons. The van der Waals surface area contributed by atoms with Gasteiger partial charge in [0.2, 0.25) is 0 Å². The zero-order valence-electron chi connectivity index (χ0n) is 14.4. The van der Waals surface area contributed by atoms with Crippen molar-refractivity contribution in [1.29, 1.82) is 0 Å². The van der Waals surface area contributed by atoms with Gasteiger partial charge in [0.25, 0.3) is 0 Å². The molecular weight excluding hydrogens is 358 g/mol. The van der Waals surface area contributed by atoms with E-state index in [1.165, 1.54) is 12.1 Å². The van der Waals surface area contributed by atoms with E-state index in [1.807, 2.05) is 6.07 Å². The van der Waals surface area contributed by atoms with E-state index in [-0.39, 0.29) is 18.7 Å². The van der Waals surface area contributed by atoms with Crippen LogP contribution in [0.3, 0.4) is 0 Å². The van der Waals surface area contributed by atoms with Gasteiger partial charge in [-0.15, -0.1) is 0 Å². The summed E-state index contributed by atoms with van der Waals surface area (Å²) in [7, 11) is 0. The lowest BCUT2D eigenvalue weighted by Crippen LogP contribution is -2.47. The van der Waals surface area contributed by atoms with Gasteiger partial charge < -0.3 is 20.5 Å². The third-order valence-electron chi connectivity index (χ3n) is 3.73. The highest BCUT2D eigenvalue weighted by molar-refractivity contribution is 5.82. The highest BCUT2D eigenvalue weighted by Gasteiger charge is 2.20. The Labute approximate surface area is 155 Å². The largest absolute Gasteiger partial charge is 0.480 e. The number of alkyl halides is 2. The first-order valence-corrected chi connectivity index (χ1v) is 8.29. The Kier molecular flexibility index (Phi) is 7.54. The number of carbonyl (C=O) groups excluding carboxylic acids is 1. The van der Waals surface area contributed by atoms with Gasteiger partial charge in [-0.3, -0.25) is 0 Å². The van der Waals surface area contributed by atoms with Gasteiger partial charge in [-0.05, 0) is 29.7 Å². The number of hydrogen-bond donors (Lipinski definition) is 3. The van der Waals surface area contributed by atoms with E-state index in [9.17, 15) is 23.5 Å². The molecule has 3 N–H and O–H groups in total. The van der Waals surface area contributed by atoms with Crippen molar-refractivity contribution >= 4 is 12.0 Å². The standard InChI is InChI=1S/C19H20F2N2O4/c20-18(21)27-15-8-6-13(7-9-15)10-11-22-19(26)23-16(17(24)25)12-14-4-2-1-3-5-14/h1-9,16,18H,10-12H2,(H,24,25)(H2,22,23,26)/t16-/m0/s1. The number of nitrogens with one attached hydrogen (secondary N) is 2. The van der Waals surface area contributed by atoms with Gasteiger partial charge in [0, 0.05) is 13.0 Å². The van der Waals surface area contributed by atoms with Crippen LogP contribution >= 0.6 is 0 Å². The number of halogens is 2. The summed E-state index contributed by atoms with van der Waals surface area (Å²) in [6, 6.07) is 13.4. The quantitative estimate of drug-likeness (QED) is 0.626. The molecule has 0 fully saturated rings. The van der Waals surface area contributed by atoms with Crippen molar-refractivity contribution in [2.24, 2.45) is 0 Å². The van der Waals surface area contributed by atoms with Crippen molar-refractivity contribution in [3.63, 3.8) is 0 Å². The first kappa shape index (κ1) is 20.2. The van der Waals surface area contributed by atoms with Crippen molar-refractivity contribution in [2.75, 3.05) is 6.54 Å². The van der Waals surface area contributed by atoms with Gasteiger partial charge in [0.1, 0.15) is 11.8 Å². The van der Waals surface area contributed by atoms with Crippen molar-refractivity contribution in [1.82, 2.24) is 10.6 Å². The molecule has 0 bridgehead atoms. The summed E-state index contributed by atoms with van der Waals surface area (Å²) in [4.78, 5) is 23.3. The number of carboxylic acids is 1. The number of rotatable bonds is 9. The number of aliphatic carboxylic acids is 1. The Hall–Kier alpha value is -3.16. The summed E-state index contributed by atoms with van der Waals surface area (Å²) >= 11 is 0. The fourth-order valence-electron chi connectivity index (χ4n) is 2.42. The molecule has 2 rings (SSSR count). The molecule has 0 aromatic heterocycles. The minimum Gasteiger partial charge on any atom is -0.480 e. The Balaban J connectivity index is 1.77. The van der Waals surface area contributed by atoms with Crippen LogP contribution in [0.5, 0.6) is 5.75 Å². The summed E-state index contributed by atoms with van der Waals surface area (Å²) in [5.74, 6) is -1.06. The van der Waals surface area contributed by atoms with Gasteiger partial charge in [-0.25, -0.2) is 9.59 Å². The van der Waals surface area contributed by atoms with Crippen molar-refractivity contribution in [3.05, 3.63) is 65.7 Å². The minimum absolute atomic E-state index is 0.0599. The van der Waals surface area contributed by atoms with Gasteiger partial charge in [-0.2, -0.15) is 8.78 Å². The topological polar surface area (TPSA) is 87.7 Å². The summed E-state index contributed by atoms with van der Waals surface area (Å²) in [6.45, 7) is -2.61. The van der Waals surface area contributed by atoms with Crippen LogP contribution in [0.25, 0.3) is 0 Å². The number of hydrogen-bond acceptors (Lipinski definition) is 3. The van der Waals surface area contributed by atoms with E-state index in [0.717, 1.165) is 11.1 Å². The van der Waals surface area contributed by atoms with Crippen LogP contribution in [0.4, 0.5) is 13.6 Å². The third kappa shape index (κ3) is 7.31. The molecule has 27 heavy (non-hydrogen) atoms. The number of urea groups is 1. The van der Waals surface area contributed by atoms with Gasteiger partial charge >= 0.3 is 18.6 Å². The van der Waals surface area contributed by atoms with Crippen LogP contribution in [0.1, 0.15) is 11.1 Å². The number of ether oxygens (including phenoxy) is 1. The summed E-state index contributed by atoms with van der Waals surface area (Å²) in [6.07, 6.45) is 0.633. The first-order valence-electron chi connectivity index (χ1n) is 8.29. The van der Waals surface area contributed by atoms with E-state index in [0.29, 0.717) is 6.42 Å². The van der Waals surface area contributed by atoms with Crippen molar-refractivity contribution in [3.8, 4) is 5.75 Å². The fraction of sp³-hybridized carbons (Fsp3) is 0.263. The van der Waals surface area contributed by atoms with E-state index in [1.54, 1.807) is 36.4 Å². The van der Waals surface area contributed by atoms with Gasteiger partial charge in [0.05, 0.1) is 0 Å². The van der Waals surface area contributed by atoms with E-state index in [2.05, 4.69) is 15.4 Å². The maximum Gasteiger partial charge on any atom is 0.387 e. The minimum atomic E-state index is -2.88. The molecule has 0 heterocycles. The molecule has 1 atom stereocenters. The maximum atomic E-state index is 12.1. The monoisotopic (exact) mass is 378 g/mol. The molecule has 2 aromatic rings. The lowest BCUT2D eigenvalue weighted by molar-refractivity contribution is -0.139. The second-order valence-electron chi connectivity index (χ2n) is 5.75. The van der Waals surface area contributed by atoms with Crippen molar-refractivity contribution < 1.29 is 28.2 Å². The Morgan fingerprint density at radius 2 is 1.67 bits per heavy atom. The van der Waals surface area contributed by atoms with Crippen LogP contribution in [-0.2, 0) is 17.6 Å². The van der Waals surface area contributed by atoms with Gasteiger partial charge in [0.15, 0.2) is 0 Å². The van der Waals surface area contributed by atoms with Crippen LogP contribution in [-0.4, -0.2) is 36.3 Å². The van der Waals surface area contributed by atoms with Gasteiger partial charge in [-0.1, -0.05) is 42.5 Å². The molecule has 8 heteroatoms. The summed E-state index contributed by atoms with van der Waals surface area (Å²) < 4.78 is 28.4. The van der Waals surface area contributed by atoms with Crippen LogP contribution in [0.2, 0.25) is 0 Å². The average molecular weight is 378 g/mol. The molecule has 2 amide bonds. The second-order valence-corrected chi connectivity index (χ2v) is 5.75. The Morgan fingerprint density at radius 1 is 1.00 bits per heavy atom. The molecule has 0 saturated heterocycles. The highest BCUT2D eigenvalue weighted by Crippen LogP contribution is 2.15. The molecular formula is C19H20F2N2O4. The maximum absolute atomic E-state index is 12.1. The number of carboxylic acid groups (broad SMARTS) is 1. The summed E-state index contributed by atoms with van der Waals surface area (Å²) in [5, 5.41) is 14.3. The lowest BCUT2D eigenvalue weighted by Gasteiger charge is -2.15. The van der Waals surface area contributed by atoms with Crippen molar-refractivity contribution in [2.45, 2.75) is 25.5 Å². The number of carbonyl (C=O) groups is 2. The summed E-state index contributed by atoms with van der Waals surface area (Å²) in [5.41, 5.74) is 1.62. The van der Waals surface area contributed by atoms with E-state index < -0.39 is 24.7 Å². The SMILES string of the molecule is O=C(NCCc1ccc(OC(F)F)cc1)N[C@@H](Cc1ccccc1)C(=O)O. The molecule has 0 aliphatic carbocycles. The Bertz CT molecular complexity index is 739. The van der Waals surface area contributed by atoms with Crippen LogP contribution < -0.4 is 15.4 Å². The van der Waals surface area contributed by atoms with Crippen LogP contribution in [0.15, 0.2) is 54.6 Å². The zero-order valence-corrected chi connectivity index (χ0v) is 14.4. The predicted molar refractivity (Wildman–Crippen MR) is 94.9 cm³/mol. The molecule has 0 spiro atoms. The molecule has 2 aromatic carbocycles. The zero-order chi connectivity index (χ0) is 19.6. The molecule has 0 aliphatic rings. The molecule has 0 radical (unpaired) electrons. The molecule has 0 aliphatic heterocycles. The smallest absolute Gasteiger partial charge is 0.387 e. The molecule has 0 saturated carbocycles. The number of benzene rings is 2. The predicted octanol–water partition coefficient (Wildman–Crippen LogP) is 2.83. The van der Waals surface area contributed by atoms with E-state index >= 15 is 0 Å². The average Bonchev–Trinajstić information content (AvgIpc) is 2.63. The number of amides is 2. The van der Waals surface area contributed by atoms with E-state index in [4.69, 9.17) is 0 Å². The second kappa shape index (κ2) is 10.1. The normalized spacial score (nSPS) is 11.7. The lowest BCUT2D eigenvalue weighted by atomic mass is 10.1. The first-order chi connectivity index (χ1) is 12.9. The van der Waals surface area contributed by atoms with Crippen LogP contribution in [0, 0.1) is 0 Å². The molecule has 6 nitrogen and oxygen atoms in total. The molecule has 0 unspecified atom stereocenters. The fourth-order valence-corrected chi connectivity index (χ4v) is 2.42. The highest BCUT2D eigenvalue weighted by atomic mass is 19.3. The Morgan fingerprint density at radius 3 is 2.26 bits per heavy atom.